The number of carbonyl (C=O) groups is 3. The molecular formula is C31H31N3O3S. The molecule has 0 saturated carbocycles. The Morgan fingerprint density at radius 1 is 1.05 bits per heavy atom. The van der Waals surface area contributed by atoms with Gasteiger partial charge in [0.25, 0.3) is 11.8 Å². The van der Waals surface area contributed by atoms with Gasteiger partial charge < -0.3 is 4.90 Å². The van der Waals surface area contributed by atoms with Crippen LogP contribution in [0.3, 0.4) is 0 Å². The molecule has 2 heterocycles. The highest BCUT2D eigenvalue weighted by Crippen LogP contribution is 2.35. The quantitative estimate of drug-likeness (QED) is 0.268. The van der Waals surface area contributed by atoms with Crippen molar-refractivity contribution in [3.8, 4) is 10.6 Å². The van der Waals surface area contributed by atoms with Gasteiger partial charge in [-0.25, -0.2) is 9.88 Å². The second kappa shape index (κ2) is 9.80. The summed E-state index contributed by atoms with van der Waals surface area (Å²) in [6.45, 7) is 9.81. The number of nitrogens with zero attached hydrogens (tertiary/aromatic N) is 3. The van der Waals surface area contributed by atoms with Crippen LogP contribution in [0.4, 0.5) is 5.69 Å². The van der Waals surface area contributed by atoms with E-state index in [1.807, 2.05) is 70.2 Å². The first-order valence-corrected chi connectivity index (χ1v) is 13.7. The third kappa shape index (κ3) is 4.52. The Labute approximate surface area is 226 Å². The zero-order valence-electron chi connectivity index (χ0n) is 22.3. The molecule has 38 heavy (non-hydrogen) atoms. The molecule has 1 fully saturated rings. The molecule has 1 unspecified atom stereocenters. The number of rotatable bonds is 6. The fourth-order valence-electron chi connectivity index (χ4n) is 4.95. The van der Waals surface area contributed by atoms with E-state index in [0.717, 1.165) is 26.4 Å². The van der Waals surface area contributed by atoms with E-state index in [1.54, 1.807) is 34.4 Å². The predicted molar refractivity (Wildman–Crippen MR) is 152 cm³/mol. The van der Waals surface area contributed by atoms with Crippen LogP contribution in [0.5, 0.6) is 0 Å². The smallest absolute Gasteiger partial charge is 0.257 e. The van der Waals surface area contributed by atoms with Crippen molar-refractivity contribution in [2.45, 2.75) is 59.0 Å². The predicted octanol–water partition coefficient (Wildman–Crippen LogP) is 6.54. The van der Waals surface area contributed by atoms with E-state index in [0.29, 0.717) is 17.7 Å². The lowest BCUT2D eigenvalue weighted by Crippen LogP contribution is -2.55. The van der Waals surface area contributed by atoms with Crippen LogP contribution < -0.4 is 4.90 Å². The molecule has 1 atom stereocenters. The van der Waals surface area contributed by atoms with Gasteiger partial charge in [-0.05, 0) is 87.7 Å². The van der Waals surface area contributed by atoms with Gasteiger partial charge in [-0.2, -0.15) is 0 Å². The van der Waals surface area contributed by atoms with E-state index in [4.69, 9.17) is 4.98 Å². The van der Waals surface area contributed by atoms with Crippen molar-refractivity contribution in [1.29, 1.82) is 0 Å². The number of imide groups is 1. The molecule has 6 nitrogen and oxygen atoms in total. The number of hydrogen-bond acceptors (Lipinski definition) is 5. The number of aryl methyl sites for hydroxylation is 2. The van der Waals surface area contributed by atoms with Gasteiger partial charge in [-0.1, -0.05) is 31.2 Å². The van der Waals surface area contributed by atoms with Crippen LogP contribution in [0.25, 0.3) is 20.8 Å². The molecule has 7 heteroatoms. The van der Waals surface area contributed by atoms with Crippen molar-refractivity contribution in [3.63, 3.8) is 0 Å². The van der Waals surface area contributed by atoms with E-state index in [2.05, 4.69) is 13.0 Å². The van der Waals surface area contributed by atoms with Crippen molar-refractivity contribution in [3.05, 3.63) is 83.4 Å². The maximum Gasteiger partial charge on any atom is 0.257 e. The van der Waals surface area contributed by atoms with Gasteiger partial charge in [0, 0.05) is 16.7 Å². The largest absolute Gasteiger partial charge is 0.321 e. The fourth-order valence-corrected chi connectivity index (χ4v) is 6.02. The van der Waals surface area contributed by atoms with Crippen molar-refractivity contribution >= 4 is 45.0 Å². The summed E-state index contributed by atoms with van der Waals surface area (Å²) in [5.41, 5.74) is 4.32. The Kier molecular flexibility index (Phi) is 6.65. The van der Waals surface area contributed by atoms with Crippen LogP contribution in [0.15, 0.2) is 66.7 Å². The summed E-state index contributed by atoms with van der Waals surface area (Å²) in [5.74, 6) is -0.913. The van der Waals surface area contributed by atoms with Gasteiger partial charge in [0.2, 0.25) is 5.91 Å². The third-order valence-electron chi connectivity index (χ3n) is 7.46. The molecule has 3 amide bonds. The van der Waals surface area contributed by atoms with E-state index in [-0.39, 0.29) is 24.1 Å². The molecular weight excluding hydrogens is 494 g/mol. The van der Waals surface area contributed by atoms with E-state index < -0.39 is 11.6 Å². The molecule has 0 N–H and O–H groups in total. The number of fused-ring (bicyclic) bond motifs is 1. The summed E-state index contributed by atoms with van der Waals surface area (Å²) < 4.78 is 1.12. The van der Waals surface area contributed by atoms with Crippen LogP contribution in [0.2, 0.25) is 0 Å². The first-order chi connectivity index (χ1) is 18.1. The molecule has 4 aromatic rings. The molecule has 1 aromatic heterocycles. The van der Waals surface area contributed by atoms with Gasteiger partial charge in [-0.15, -0.1) is 11.3 Å². The Hall–Kier alpha value is -3.84. The van der Waals surface area contributed by atoms with Crippen molar-refractivity contribution < 1.29 is 14.4 Å². The number of benzene rings is 3. The molecule has 1 aliphatic rings. The lowest BCUT2D eigenvalue weighted by atomic mass is 9.94. The second-order valence-electron chi connectivity index (χ2n) is 10.5. The highest BCUT2D eigenvalue weighted by Gasteiger charge is 2.48. The minimum absolute atomic E-state index is 0.0428. The summed E-state index contributed by atoms with van der Waals surface area (Å²) in [7, 11) is 0. The van der Waals surface area contributed by atoms with E-state index >= 15 is 0 Å². The lowest BCUT2D eigenvalue weighted by Gasteiger charge is -2.41. The van der Waals surface area contributed by atoms with Gasteiger partial charge in [-0.3, -0.25) is 14.4 Å². The summed E-state index contributed by atoms with van der Waals surface area (Å²) >= 11 is 1.61. The molecule has 0 radical (unpaired) electrons. The SMILES string of the molecule is CCC(C)(C)N(C(=O)c1ccccc1C)C1CC(=O)N(c2ccc(-c3nc4ccc(C)cc4s3)cc2)C1=O. The van der Waals surface area contributed by atoms with Gasteiger partial charge in [0.15, 0.2) is 0 Å². The molecule has 0 bridgehead atoms. The number of anilines is 1. The first-order valence-electron chi connectivity index (χ1n) is 12.8. The van der Waals surface area contributed by atoms with Crippen LogP contribution in [0.1, 0.15) is 55.1 Å². The van der Waals surface area contributed by atoms with Crippen molar-refractivity contribution in [1.82, 2.24) is 9.88 Å². The first kappa shape index (κ1) is 25.8. The van der Waals surface area contributed by atoms with Crippen molar-refractivity contribution in [2.24, 2.45) is 0 Å². The number of aromatic nitrogens is 1. The number of amides is 3. The summed E-state index contributed by atoms with van der Waals surface area (Å²) in [4.78, 5) is 48.3. The summed E-state index contributed by atoms with van der Waals surface area (Å²) in [6.07, 6.45) is 0.595. The molecule has 0 aliphatic carbocycles. The molecule has 1 saturated heterocycles. The van der Waals surface area contributed by atoms with Crippen LogP contribution in [-0.4, -0.2) is 39.2 Å². The van der Waals surface area contributed by atoms with Gasteiger partial charge >= 0.3 is 0 Å². The Balaban J connectivity index is 1.45. The van der Waals surface area contributed by atoms with E-state index in [9.17, 15) is 14.4 Å². The average molecular weight is 526 g/mol. The fraction of sp³-hybridized carbons (Fsp3) is 0.290. The maximum absolute atomic E-state index is 13.8. The Bertz CT molecular complexity index is 1550. The van der Waals surface area contributed by atoms with Gasteiger partial charge in [0.1, 0.15) is 11.0 Å². The monoisotopic (exact) mass is 525 g/mol. The minimum Gasteiger partial charge on any atom is -0.321 e. The van der Waals surface area contributed by atoms with Gasteiger partial charge in [0.05, 0.1) is 22.3 Å². The third-order valence-corrected chi connectivity index (χ3v) is 8.53. The summed E-state index contributed by atoms with van der Waals surface area (Å²) in [6, 6.07) is 20.0. The number of hydrogen-bond donors (Lipinski definition) is 0. The zero-order chi connectivity index (χ0) is 27.2. The normalized spacial score (nSPS) is 15.9. The standard InChI is InChI=1S/C31H31N3O3S/c1-6-31(4,5)34(29(36)23-10-8-7-9-20(23)3)25-18-27(35)33(30(25)37)22-14-12-21(13-15-22)28-32-24-16-11-19(2)17-26(24)38-28/h7-17,25H,6,18H2,1-5H3. The Morgan fingerprint density at radius 3 is 2.45 bits per heavy atom. The topological polar surface area (TPSA) is 70.6 Å². The van der Waals surface area contributed by atoms with Crippen LogP contribution in [0, 0.1) is 13.8 Å². The molecule has 5 rings (SSSR count). The minimum atomic E-state index is -0.864. The molecule has 194 valence electrons. The highest BCUT2D eigenvalue weighted by atomic mass is 32.1. The molecule has 1 aliphatic heterocycles. The van der Waals surface area contributed by atoms with Crippen LogP contribution in [-0.2, 0) is 9.59 Å². The zero-order valence-corrected chi connectivity index (χ0v) is 23.1. The molecule has 3 aromatic carbocycles. The average Bonchev–Trinajstić information content (AvgIpc) is 3.44. The Morgan fingerprint density at radius 2 is 1.76 bits per heavy atom. The molecule has 0 spiro atoms. The number of thiazole rings is 1. The van der Waals surface area contributed by atoms with E-state index in [1.165, 1.54) is 10.5 Å². The lowest BCUT2D eigenvalue weighted by molar-refractivity contribution is -0.123. The maximum atomic E-state index is 13.8. The summed E-state index contributed by atoms with van der Waals surface area (Å²) in [5, 5.41) is 0.883. The second-order valence-corrected chi connectivity index (χ2v) is 11.5. The highest BCUT2D eigenvalue weighted by molar-refractivity contribution is 7.21. The van der Waals surface area contributed by atoms with Crippen LogP contribution >= 0.6 is 11.3 Å². The number of carbonyl (C=O) groups excluding carboxylic acids is 3. The van der Waals surface area contributed by atoms with Crippen molar-refractivity contribution in [2.75, 3.05) is 4.90 Å².